The molecule has 27 heavy (non-hydrogen) atoms. The lowest BCUT2D eigenvalue weighted by Gasteiger charge is -2.20. The lowest BCUT2D eigenvalue weighted by atomic mass is 9.97. The van der Waals surface area contributed by atoms with Gasteiger partial charge in [-0.05, 0) is 50.3 Å². The maximum absolute atomic E-state index is 12.7. The number of fused-ring (bicyclic) bond motifs is 3. The van der Waals surface area contributed by atoms with Crippen molar-refractivity contribution in [2.75, 3.05) is 11.9 Å². The number of thioether (sulfide) groups is 1. The molecule has 2 aromatic heterocycles. The first-order valence-corrected chi connectivity index (χ1v) is 10.8. The molecule has 140 valence electrons. The van der Waals surface area contributed by atoms with Crippen LogP contribution in [0.3, 0.4) is 0 Å². The van der Waals surface area contributed by atoms with Crippen LogP contribution in [-0.4, -0.2) is 28.2 Å². The Morgan fingerprint density at radius 1 is 1.26 bits per heavy atom. The van der Waals surface area contributed by atoms with Crippen LogP contribution in [-0.2, 0) is 17.6 Å². The topological polar surface area (TPSA) is 66.1 Å². The van der Waals surface area contributed by atoms with Gasteiger partial charge in [-0.25, -0.2) is 4.98 Å². The molecule has 1 N–H and O–H groups in total. The van der Waals surface area contributed by atoms with Crippen LogP contribution in [0.1, 0.15) is 30.2 Å². The number of thiophene rings is 1. The number of H-pyrrole nitrogens is 1. The maximum atomic E-state index is 12.7. The van der Waals surface area contributed by atoms with Gasteiger partial charge >= 0.3 is 0 Å². The molecule has 1 atom stereocenters. The molecule has 0 fully saturated rings. The minimum atomic E-state index is -0.356. The highest BCUT2D eigenvalue weighted by atomic mass is 32.2. The Labute approximate surface area is 165 Å². The third-order valence-corrected chi connectivity index (χ3v) is 7.07. The van der Waals surface area contributed by atoms with Gasteiger partial charge in [-0.1, -0.05) is 30.0 Å². The van der Waals surface area contributed by atoms with E-state index in [1.807, 2.05) is 37.3 Å². The molecule has 0 saturated heterocycles. The van der Waals surface area contributed by atoms with E-state index in [2.05, 4.69) is 9.97 Å². The van der Waals surface area contributed by atoms with Gasteiger partial charge in [-0.3, -0.25) is 9.59 Å². The van der Waals surface area contributed by atoms with Crippen LogP contribution in [0.4, 0.5) is 5.69 Å². The van der Waals surface area contributed by atoms with E-state index in [4.69, 9.17) is 0 Å². The normalized spacial score (nSPS) is 14.7. The van der Waals surface area contributed by atoms with E-state index < -0.39 is 0 Å². The van der Waals surface area contributed by atoms with Crippen LogP contribution in [0, 0.1) is 0 Å². The highest BCUT2D eigenvalue weighted by molar-refractivity contribution is 8.00. The van der Waals surface area contributed by atoms with Crippen molar-refractivity contribution in [3.63, 3.8) is 0 Å². The third kappa shape index (κ3) is 3.53. The fourth-order valence-electron chi connectivity index (χ4n) is 3.47. The second-order valence-electron chi connectivity index (χ2n) is 6.76. The largest absolute Gasteiger partial charge is 0.315 e. The Hall–Kier alpha value is -2.12. The zero-order valence-electron chi connectivity index (χ0n) is 15.3. The molecule has 1 amide bonds. The molecule has 3 aromatic rings. The van der Waals surface area contributed by atoms with E-state index >= 15 is 0 Å². The van der Waals surface area contributed by atoms with E-state index in [-0.39, 0.29) is 16.7 Å². The van der Waals surface area contributed by atoms with Crippen LogP contribution in [0.25, 0.3) is 10.2 Å². The number of nitrogens with zero attached hydrogens (tertiary/aromatic N) is 2. The Kier molecular flexibility index (Phi) is 5.06. The van der Waals surface area contributed by atoms with Gasteiger partial charge in [0.2, 0.25) is 5.91 Å². The maximum Gasteiger partial charge on any atom is 0.260 e. The summed E-state index contributed by atoms with van der Waals surface area (Å²) in [5.74, 6) is -0.0283. The first-order chi connectivity index (χ1) is 13.0. The number of anilines is 1. The molecule has 7 heteroatoms. The second-order valence-corrected chi connectivity index (χ2v) is 9.17. The van der Waals surface area contributed by atoms with E-state index in [9.17, 15) is 9.59 Å². The zero-order chi connectivity index (χ0) is 19.0. The number of aromatic amines is 1. The lowest BCUT2D eigenvalue weighted by molar-refractivity contribution is -0.117. The summed E-state index contributed by atoms with van der Waals surface area (Å²) in [5, 5.41) is 0.901. The van der Waals surface area contributed by atoms with Gasteiger partial charge in [-0.2, -0.15) is 0 Å². The van der Waals surface area contributed by atoms with Crippen LogP contribution >= 0.6 is 23.1 Å². The average molecular weight is 400 g/mol. The summed E-state index contributed by atoms with van der Waals surface area (Å²) in [6.07, 6.45) is 4.31. The van der Waals surface area contributed by atoms with Crippen LogP contribution in [0.2, 0.25) is 0 Å². The summed E-state index contributed by atoms with van der Waals surface area (Å²) in [6.45, 7) is 1.84. The number of aryl methyl sites for hydroxylation is 2. The third-order valence-electron chi connectivity index (χ3n) is 4.91. The van der Waals surface area contributed by atoms with Gasteiger partial charge in [0.25, 0.3) is 5.56 Å². The highest BCUT2D eigenvalue weighted by Crippen LogP contribution is 2.34. The quantitative estimate of drug-likeness (QED) is 0.532. The van der Waals surface area contributed by atoms with Gasteiger partial charge in [0, 0.05) is 17.6 Å². The molecular weight excluding hydrogens is 378 g/mol. The molecule has 0 bridgehead atoms. The second kappa shape index (κ2) is 7.48. The molecule has 0 radical (unpaired) electrons. The molecule has 0 aliphatic heterocycles. The van der Waals surface area contributed by atoms with Crippen molar-refractivity contribution in [3.8, 4) is 0 Å². The fraction of sp³-hybridized carbons (Fsp3) is 0.350. The molecular formula is C20H21N3O2S2. The minimum Gasteiger partial charge on any atom is -0.315 e. The molecule has 1 aliphatic carbocycles. The molecule has 1 aliphatic rings. The standard InChI is InChI=1S/C20H21N3O2S2/c1-12(19(25)23(2)13-8-4-3-5-9-13)26-20-21-17(24)16-14-10-6-7-11-15(14)27-18(16)22-20/h3-5,8-9,12H,6-7,10-11H2,1-2H3,(H,21,22,24)/t12-/m1/s1. The predicted octanol–water partition coefficient (Wildman–Crippen LogP) is 4.01. The number of hydrogen-bond acceptors (Lipinski definition) is 5. The molecule has 1 aromatic carbocycles. The number of carbonyl (C=O) groups excluding carboxylic acids is 1. The Morgan fingerprint density at radius 3 is 2.78 bits per heavy atom. The lowest BCUT2D eigenvalue weighted by Crippen LogP contribution is -2.33. The summed E-state index contributed by atoms with van der Waals surface area (Å²) >= 11 is 2.93. The number of nitrogens with one attached hydrogen (secondary N) is 1. The van der Waals surface area contributed by atoms with E-state index in [1.165, 1.54) is 28.6 Å². The van der Waals surface area contributed by atoms with Gasteiger partial charge < -0.3 is 9.88 Å². The molecule has 0 unspecified atom stereocenters. The fourth-order valence-corrected chi connectivity index (χ4v) is 5.68. The van der Waals surface area contributed by atoms with Crippen LogP contribution in [0.5, 0.6) is 0 Å². The van der Waals surface area contributed by atoms with E-state index in [1.54, 1.807) is 23.3 Å². The summed E-state index contributed by atoms with van der Waals surface area (Å²) in [6, 6.07) is 9.53. The van der Waals surface area contributed by atoms with Gasteiger partial charge in [0.15, 0.2) is 5.16 Å². The molecule has 2 heterocycles. The zero-order valence-corrected chi connectivity index (χ0v) is 17.0. The van der Waals surface area contributed by atoms with Gasteiger partial charge in [0.1, 0.15) is 4.83 Å². The Morgan fingerprint density at radius 2 is 2.00 bits per heavy atom. The van der Waals surface area contributed by atoms with Crippen molar-refractivity contribution in [2.45, 2.75) is 43.0 Å². The van der Waals surface area contributed by atoms with E-state index in [0.29, 0.717) is 5.16 Å². The van der Waals surface area contributed by atoms with Gasteiger partial charge in [-0.15, -0.1) is 11.3 Å². The first kappa shape index (κ1) is 18.3. The van der Waals surface area contributed by atoms with Gasteiger partial charge in [0.05, 0.1) is 10.6 Å². The summed E-state index contributed by atoms with van der Waals surface area (Å²) in [5.41, 5.74) is 1.94. The van der Waals surface area contributed by atoms with Crippen molar-refractivity contribution >= 4 is 44.9 Å². The van der Waals surface area contributed by atoms with Crippen molar-refractivity contribution in [3.05, 3.63) is 51.1 Å². The van der Waals surface area contributed by atoms with Crippen molar-refractivity contribution in [2.24, 2.45) is 0 Å². The first-order valence-electron chi connectivity index (χ1n) is 9.08. The highest BCUT2D eigenvalue weighted by Gasteiger charge is 2.23. The van der Waals surface area contributed by atoms with Crippen molar-refractivity contribution in [1.29, 1.82) is 0 Å². The SMILES string of the molecule is C[C@@H](Sc1nc2sc3c(c2c(=O)[nH]1)CCCC3)C(=O)N(C)c1ccccc1. The Balaban J connectivity index is 1.58. The summed E-state index contributed by atoms with van der Waals surface area (Å²) < 4.78 is 0. The number of rotatable bonds is 4. The molecule has 0 spiro atoms. The predicted molar refractivity (Wildman–Crippen MR) is 112 cm³/mol. The number of hydrogen-bond donors (Lipinski definition) is 1. The smallest absolute Gasteiger partial charge is 0.260 e. The molecule has 5 nitrogen and oxygen atoms in total. The van der Waals surface area contributed by atoms with Crippen molar-refractivity contribution < 1.29 is 4.79 Å². The minimum absolute atomic E-state index is 0.0283. The van der Waals surface area contributed by atoms with E-state index in [0.717, 1.165) is 35.2 Å². The van der Waals surface area contributed by atoms with Crippen LogP contribution in [0.15, 0.2) is 40.3 Å². The monoisotopic (exact) mass is 399 g/mol. The molecule has 4 rings (SSSR count). The van der Waals surface area contributed by atoms with Crippen LogP contribution < -0.4 is 10.5 Å². The number of carbonyl (C=O) groups is 1. The molecule has 0 saturated carbocycles. The summed E-state index contributed by atoms with van der Waals surface area (Å²) in [7, 11) is 1.77. The number of para-hydroxylation sites is 1. The average Bonchev–Trinajstić information content (AvgIpc) is 3.06. The Bertz CT molecular complexity index is 1040. The van der Waals surface area contributed by atoms with Crippen molar-refractivity contribution in [1.82, 2.24) is 9.97 Å². The number of aromatic nitrogens is 2. The number of amides is 1. The number of benzene rings is 1. The summed E-state index contributed by atoms with van der Waals surface area (Å²) in [4.78, 5) is 36.6.